The lowest BCUT2D eigenvalue weighted by molar-refractivity contribution is -0.123. The highest BCUT2D eigenvalue weighted by molar-refractivity contribution is 5.84. The zero-order chi connectivity index (χ0) is 17.2. The SMILES string of the molecule is Cn1cnc2c1[C@@H](C(=O)NCc1ccco1)CN(Cc1ccco1)C2. The Balaban J connectivity index is 1.51. The van der Waals surface area contributed by atoms with E-state index in [9.17, 15) is 4.79 Å². The zero-order valence-electron chi connectivity index (χ0n) is 14.0. The summed E-state index contributed by atoms with van der Waals surface area (Å²) in [4.78, 5) is 19.5. The lowest BCUT2D eigenvalue weighted by Crippen LogP contribution is -2.41. The Morgan fingerprint density at radius 1 is 1.28 bits per heavy atom. The van der Waals surface area contributed by atoms with Crippen molar-refractivity contribution in [2.75, 3.05) is 6.54 Å². The van der Waals surface area contributed by atoms with Gasteiger partial charge in [0, 0.05) is 20.1 Å². The molecule has 3 aromatic heterocycles. The molecule has 0 radical (unpaired) electrons. The van der Waals surface area contributed by atoms with Crippen molar-refractivity contribution < 1.29 is 13.6 Å². The topological polar surface area (TPSA) is 76.4 Å². The lowest BCUT2D eigenvalue weighted by Gasteiger charge is -2.31. The van der Waals surface area contributed by atoms with E-state index in [1.807, 2.05) is 35.9 Å². The molecule has 4 heterocycles. The molecule has 1 N–H and O–H groups in total. The molecule has 4 rings (SSSR count). The van der Waals surface area contributed by atoms with Crippen molar-refractivity contribution >= 4 is 5.91 Å². The summed E-state index contributed by atoms with van der Waals surface area (Å²) in [7, 11) is 1.93. The van der Waals surface area contributed by atoms with Crippen LogP contribution in [0.3, 0.4) is 0 Å². The van der Waals surface area contributed by atoms with Crippen LogP contribution in [0, 0.1) is 0 Å². The number of nitrogens with one attached hydrogen (secondary N) is 1. The van der Waals surface area contributed by atoms with Crippen LogP contribution in [0.25, 0.3) is 0 Å². The number of amides is 1. The number of imidazole rings is 1. The Labute approximate surface area is 145 Å². The number of aromatic nitrogens is 2. The first-order chi connectivity index (χ1) is 12.2. The van der Waals surface area contributed by atoms with Crippen LogP contribution in [0.2, 0.25) is 0 Å². The summed E-state index contributed by atoms with van der Waals surface area (Å²) in [5, 5.41) is 2.97. The summed E-state index contributed by atoms with van der Waals surface area (Å²) in [6.45, 7) is 2.37. The van der Waals surface area contributed by atoms with Gasteiger partial charge in [-0.15, -0.1) is 0 Å². The fraction of sp³-hybridized carbons (Fsp3) is 0.333. The van der Waals surface area contributed by atoms with E-state index < -0.39 is 0 Å². The predicted octanol–water partition coefficient (Wildman–Crippen LogP) is 2.02. The van der Waals surface area contributed by atoms with Crippen molar-refractivity contribution in [3.05, 3.63) is 66.0 Å². The highest BCUT2D eigenvalue weighted by Crippen LogP contribution is 2.28. The highest BCUT2D eigenvalue weighted by Gasteiger charge is 2.34. The summed E-state index contributed by atoms with van der Waals surface area (Å²) < 4.78 is 12.7. The molecule has 0 saturated carbocycles. The van der Waals surface area contributed by atoms with E-state index in [-0.39, 0.29) is 11.8 Å². The van der Waals surface area contributed by atoms with Gasteiger partial charge in [0.15, 0.2) is 0 Å². The van der Waals surface area contributed by atoms with Crippen molar-refractivity contribution in [3.8, 4) is 0 Å². The smallest absolute Gasteiger partial charge is 0.230 e. The summed E-state index contributed by atoms with van der Waals surface area (Å²) in [6.07, 6.45) is 5.04. The van der Waals surface area contributed by atoms with Crippen LogP contribution in [-0.2, 0) is 31.5 Å². The Kier molecular flexibility index (Phi) is 4.15. The molecule has 3 aromatic rings. The van der Waals surface area contributed by atoms with Crippen LogP contribution in [0.15, 0.2) is 52.0 Å². The Bertz CT molecular complexity index is 836. The number of rotatable bonds is 5. The van der Waals surface area contributed by atoms with Crippen LogP contribution in [0.4, 0.5) is 0 Å². The minimum absolute atomic E-state index is 0.0228. The average Bonchev–Trinajstić information content (AvgIpc) is 3.35. The van der Waals surface area contributed by atoms with Gasteiger partial charge < -0.3 is 18.7 Å². The molecule has 130 valence electrons. The van der Waals surface area contributed by atoms with Gasteiger partial charge in [-0.25, -0.2) is 4.98 Å². The molecular formula is C18H20N4O3. The monoisotopic (exact) mass is 340 g/mol. The van der Waals surface area contributed by atoms with E-state index in [1.165, 1.54) is 0 Å². The molecule has 1 aliphatic heterocycles. The number of hydrogen-bond donors (Lipinski definition) is 1. The molecule has 0 spiro atoms. The predicted molar refractivity (Wildman–Crippen MR) is 89.3 cm³/mol. The molecule has 0 unspecified atom stereocenters. The number of furan rings is 2. The Hall–Kier alpha value is -2.80. The molecular weight excluding hydrogens is 320 g/mol. The van der Waals surface area contributed by atoms with E-state index in [0.717, 1.165) is 22.9 Å². The van der Waals surface area contributed by atoms with E-state index in [4.69, 9.17) is 8.83 Å². The van der Waals surface area contributed by atoms with Gasteiger partial charge in [-0.3, -0.25) is 9.69 Å². The van der Waals surface area contributed by atoms with Crippen LogP contribution >= 0.6 is 0 Å². The second kappa shape index (κ2) is 6.60. The number of hydrogen-bond acceptors (Lipinski definition) is 5. The third kappa shape index (κ3) is 3.23. The molecule has 0 aromatic carbocycles. The first-order valence-corrected chi connectivity index (χ1v) is 8.25. The van der Waals surface area contributed by atoms with Gasteiger partial charge in [0.2, 0.25) is 5.91 Å². The van der Waals surface area contributed by atoms with Gasteiger partial charge in [0.05, 0.1) is 49.2 Å². The van der Waals surface area contributed by atoms with Gasteiger partial charge in [-0.2, -0.15) is 0 Å². The fourth-order valence-electron chi connectivity index (χ4n) is 3.34. The number of nitrogens with zero attached hydrogens (tertiary/aromatic N) is 3. The number of aryl methyl sites for hydroxylation is 1. The quantitative estimate of drug-likeness (QED) is 0.769. The minimum atomic E-state index is -0.277. The van der Waals surface area contributed by atoms with Crippen LogP contribution in [0.5, 0.6) is 0 Å². The summed E-state index contributed by atoms with van der Waals surface area (Å²) in [5.41, 5.74) is 1.92. The van der Waals surface area contributed by atoms with E-state index in [1.54, 1.807) is 18.9 Å². The van der Waals surface area contributed by atoms with Crippen molar-refractivity contribution in [2.24, 2.45) is 7.05 Å². The van der Waals surface area contributed by atoms with Crippen molar-refractivity contribution in [2.45, 2.75) is 25.6 Å². The molecule has 0 aliphatic carbocycles. The molecule has 0 saturated heterocycles. The minimum Gasteiger partial charge on any atom is -0.468 e. The normalized spacial score (nSPS) is 17.4. The highest BCUT2D eigenvalue weighted by atomic mass is 16.3. The van der Waals surface area contributed by atoms with Crippen LogP contribution < -0.4 is 5.32 Å². The molecule has 7 nitrogen and oxygen atoms in total. The third-order valence-electron chi connectivity index (χ3n) is 4.50. The van der Waals surface area contributed by atoms with Gasteiger partial charge in [-0.05, 0) is 24.3 Å². The summed E-state index contributed by atoms with van der Waals surface area (Å²) >= 11 is 0. The van der Waals surface area contributed by atoms with Crippen molar-refractivity contribution in [3.63, 3.8) is 0 Å². The van der Waals surface area contributed by atoms with Gasteiger partial charge in [0.25, 0.3) is 0 Å². The summed E-state index contributed by atoms with van der Waals surface area (Å²) in [6, 6.07) is 7.48. The lowest BCUT2D eigenvalue weighted by atomic mass is 9.97. The Morgan fingerprint density at radius 3 is 2.76 bits per heavy atom. The molecule has 0 fully saturated rings. The number of carbonyl (C=O) groups excluding carboxylic acids is 1. The largest absolute Gasteiger partial charge is 0.468 e. The first kappa shape index (κ1) is 15.7. The fourth-order valence-corrected chi connectivity index (χ4v) is 3.34. The number of carbonyl (C=O) groups is 1. The van der Waals surface area contributed by atoms with Gasteiger partial charge in [-0.1, -0.05) is 0 Å². The molecule has 1 atom stereocenters. The maximum Gasteiger partial charge on any atom is 0.230 e. The van der Waals surface area contributed by atoms with Crippen molar-refractivity contribution in [1.29, 1.82) is 0 Å². The van der Waals surface area contributed by atoms with Crippen LogP contribution in [-0.4, -0.2) is 26.9 Å². The van der Waals surface area contributed by atoms with E-state index in [2.05, 4.69) is 15.2 Å². The molecule has 1 amide bonds. The molecule has 1 aliphatic rings. The molecule has 25 heavy (non-hydrogen) atoms. The second-order valence-corrected chi connectivity index (χ2v) is 6.29. The van der Waals surface area contributed by atoms with E-state index >= 15 is 0 Å². The average molecular weight is 340 g/mol. The van der Waals surface area contributed by atoms with Gasteiger partial charge in [0.1, 0.15) is 11.5 Å². The zero-order valence-corrected chi connectivity index (χ0v) is 14.0. The van der Waals surface area contributed by atoms with Crippen LogP contribution in [0.1, 0.15) is 28.8 Å². The third-order valence-corrected chi connectivity index (χ3v) is 4.50. The van der Waals surface area contributed by atoms with Gasteiger partial charge >= 0.3 is 0 Å². The molecule has 0 bridgehead atoms. The van der Waals surface area contributed by atoms with Crippen molar-refractivity contribution in [1.82, 2.24) is 19.8 Å². The first-order valence-electron chi connectivity index (χ1n) is 8.25. The maximum absolute atomic E-state index is 12.8. The second-order valence-electron chi connectivity index (χ2n) is 6.29. The van der Waals surface area contributed by atoms with E-state index in [0.29, 0.717) is 26.2 Å². The standard InChI is InChI=1S/C18H20N4O3/c1-21-12-20-16-11-22(9-14-5-3-7-25-14)10-15(17(16)21)18(23)19-8-13-4-2-6-24-13/h2-7,12,15H,8-11H2,1H3,(H,19,23)/t15-/m0/s1. The maximum atomic E-state index is 12.8. The Morgan fingerprint density at radius 2 is 2.04 bits per heavy atom. The molecule has 7 heteroatoms. The number of fused-ring (bicyclic) bond motifs is 1. The summed E-state index contributed by atoms with van der Waals surface area (Å²) in [5.74, 6) is 1.32.